The molecule has 0 bridgehead atoms. The van der Waals surface area contributed by atoms with Crippen LogP contribution in [0.3, 0.4) is 0 Å². The van der Waals surface area contributed by atoms with E-state index in [1.807, 2.05) is 12.1 Å². The molecular formula is C13H15N3. The molecule has 3 rings (SSSR count). The second kappa shape index (κ2) is 3.37. The lowest BCUT2D eigenvalue weighted by Gasteiger charge is -2.20. The number of hydrogen-bond acceptors (Lipinski definition) is 3. The lowest BCUT2D eigenvalue weighted by molar-refractivity contribution is 0.922. The topological polar surface area (TPSA) is 42.1 Å². The molecule has 1 aliphatic carbocycles. The van der Waals surface area contributed by atoms with Crippen LogP contribution < -0.4 is 10.6 Å². The highest BCUT2D eigenvalue weighted by atomic mass is 15.2. The van der Waals surface area contributed by atoms with Gasteiger partial charge in [-0.25, -0.2) is 0 Å². The Hall–Kier alpha value is -1.77. The van der Waals surface area contributed by atoms with E-state index in [0.29, 0.717) is 6.04 Å². The molecule has 2 aromatic rings. The van der Waals surface area contributed by atoms with Crippen molar-refractivity contribution < 1.29 is 0 Å². The largest absolute Gasteiger partial charge is 0.397 e. The number of hydrogen-bond donors (Lipinski definition) is 1. The first-order chi connectivity index (χ1) is 7.77. The van der Waals surface area contributed by atoms with Gasteiger partial charge in [0.25, 0.3) is 0 Å². The monoisotopic (exact) mass is 213 g/mol. The van der Waals surface area contributed by atoms with Gasteiger partial charge in [0.05, 0.1) is 11.2 Å². The third-order valence-electron chi connectivity index (χ3n) is 3.25. The van der Waals surface area contributed by atoms with E-state index in [0.717, 1.165) is 16.6 Å². The van der Waals surface area contributed by atoms with Gasteiger partial charge >= 0.3 is 0 Å². The number of nitrogens with two attached hydrogens (primary N) is 1. The number of rotatable bonds is 2. The Bertz CT molecular complexity index is 532. The van der Waals surface area contributed by atoms with Crippen molar-refractivity contribution >= 4 is 22.3 Å². The molecule has 1 fully saturated rings. The molecule has 0 amide bonds. The molecule has 1 saturated carbocycles. The Labute approximate surface area is 94.9 Å². The van der Waals surface area contributed by atoms with Gasteiger partial charge in [-0.1, -0.05) is 0 Å². The second-order valence-corrected chi connectivity index (χ2v) is 4.42. The van der Waals surface area contributed by atoms with E-state index in [9.17, 15) is 0 Å². The van der Waals surface area contributed by atoms with Crippen LogP contribution in [-0.4, -0.2) is 18.1 Å². The van der Waals surface area contributed by atoms with Crippen LogP contribution >= 0.6 is 0 Å². The van der Waals surface area contributed by atoms with Gasteiger partial charge in [-0.15, -0.1) is 0 Å². The van der Waals surface area contributed by atoms with Gasteiger partial charge in [-0.3, -0.25) is 4.98 Å². The van der Waals surface area contributed by atoms with Crippen molar-refractivity contribution in [3.05, 3.63) is 30.5 Å². The SMILES string of the molecule is CN(c1ccc(N)c2ncccc12)C1CC1. The van der Waals surface area contributed by atoms with E-state index in [2.05, 4.69) is 29.1 Å². The molecule has 3 nitrogen and oxygen atoms in total. The molecule has 1 aromatic carbocycles. The number of benzene rings is 1. The minimum Gasteiger partial charge on any atom is -0.397 e. The first kappa shape index (κ1) is 9.46. The Morgan fingerprint density at radius 3 is 2.88 bits per heavy atom. The molecule has 0 spiro atoms. The van der Waals surface area contributed by atoms with Crippen molar-refractivity contribution in [1.82, 2.24) is 4.98 Å². The maximum atomic E-state index is 5.94. The van der Waals surface area contributed by atoms with Gasteiger partial charge < -0.3 is 10.6 Å². The van der Waals surface area contributed by atoms with Crippen LogP contribution in [0.4, 0.5) is 11.4 Å². The molecule has 2 N–H and O–H groups in total. The molecule has 0 radical (unpaired) electrons. The number of fused-ring (bicyclic) bond motifs is 1. The highest BCUT2D eigenvalue weighted by Gasteiger charge is 2.27. The van der Waals surface area contributed by atoms with Gasteiger partial charge in [-0.05, 0) is 37.1 Å². The summed E-state index contributed by atoms with van der Waals surface area (Å²) < 4.78 is 0. The molecule has 0 saturated heterocycles. The first-order valence-electron chi connectivity index (χ1n) is 5.63. The first-order valence-corrected chi connectivity index (χ1v) is 5.63. The number of anilines is 2. The maximum Gasteiger partial charge on any atom is 0.0951 e. The van der Waals surface area contributed by atoms with Crippen LogP contribution in [-0.2, 0) is 0 Å². The molecule has 0 aliphatic heterocycles. The molecule has 16 heavy (non-hydrogen) atoms. The number of aromatic nitrogens is 1. The Kier molecular flexibility index (Phi) is 1.99. The number of nitrogens with zero attached hydrogens (tertiary/aromatic N) is 2. The molecule has 0 unspecified atom stereocenters. The van der Waals surface area contributed by atoms with Crippen molar-refractivity contribution in [2.45, 2.75) is 18.9 Å². The minimum absolute atomic E-state index is 0.701. The van der Waals surface area contributed by atoms with Crippen molar-refractivity contribution in [2.75, 3.05) is 17.7 Å². The van der Waals surface area contributed by atoms with Crippen LogP contribution in [0, 0.1) is 0 Å². The average Bonchev–Trinajstić information content (AvgIpc) is 3.13. The summed E-state index contributed by atoms with van der Waals surface area (Å²) in [5, 5.41) is 1.15. The van der Waals surface area contributed by atoms with Crippen molar-refractivity contribution in [3.63, 3.8) is 0 Å². The van der Waals surface area contributed by atoms with Gasteiger partial charge in [0.2, 0.25) is 0 Å². The predicted octanol–water partition coefficient (Wildman–Crippen LogP) is 2.42. The Balaban J connectivity index is 2.20. The Morgan fingerprint density at radius 1 is 1.31 bits per heavy atom. The van der Waals surface area contributed by atoms with Crippen molar-refractivity contribution in [1.29, 1.82) is 0 Å². The van der Waals surface area contributed by atoms with Crippen LogP contribution in [0.5, 0.6) is 0 Å². The fourth-order valence-corrected chi connectivity index (χ4v) is 2.15. The standard InChI is InChI=1S/C13H15N3/c1-16(9-4-5-9)12-7-6-11(14)13-10(12)3-2-8-15-13/h2-3,6-9H,4-5,14H2,1H3. The second-order valence-electron chi connectivity index (χ2n) is 4.42. The zero-order valence-corrected chi connectivity index (χ0v) is 9.35. The minimum atomic E-state index is 0.701. The van der Waals surface area contributed by atoms with E-state index in [4.69, 9.17) is 5.73 Å². The molecule has 1 heterocycles. The fraction of sp³-hybridized carbons (Fsp3) is 0.308. The molecule has 1 aliphatic rings. The van der Waals surface area contributed by atoms with E-state index in [1.165, 1.54) is 18.5 Å². The zero-order chi connectivity index (χ0) is 11.1. The predicted molar refractivity (Wildman–Crippen MR) is 67.6 cm³/mol. The van der Waals surface area contributed by atoms with E-state index >= 15 is 0 Å². The Morgan fingerprint density at radius 2 is 2.12 bits per heavy atom. The summed E-state index contributed by atoms with van der Waals surface area (Å²) in [6.07, 6.45) is 4.38. The lowest BCUT2D eigenvalue weighted by Crippen LogP contribution is -2.19. The van der Waals surface area contributed by atoms with Crippen LogP contribution in [0.25, 0.3) is 10.9 Å². The van der Waals surface area contributed by atoms with Crippen molar-refractivity contribution in [3.8, 4) is 0 Å². The molecule has 82 valence electrons. The van der Waals surface area contributed by atoms with Gasteiger partial charge in [-0.2, -0.15) is 0 Å². The number of pyridine rings is 1. The highest BCUT2D eigenvalue weighted by Crippen LogP contribution is 2.35. The molecule has 1 aromatic heterocycles. The van der Waals surface area contributed by atoms with Crippen molar-refractivity contribution in [2.24, 2.45) is 0 Å². The quantitative estimate of drug-likeness (QED) is 0.779. The van der Waals surface area contributed by atoms with Gasteiger partial charge in [0.1, 0.15) is 0 Å². The van der Waals surface area contributed by atoms with Gasteiger partial charge in [0, 0.05) is 30.4 Å². The van der Waals surface area contributed by atoms with E-state index in [-0.39, 0.29) is 0 Å². The molecular weight excluding hydrogens is 198 g/mol. The fourth-order valence-electron chi connectivity index (χ4n) is 2.15. The van der Waals surface area contributed by atoms with Crippen LogP contribution in [0.1, 0.15) is 12.8 Å². The zero-order valence-electron chi connectivity index (χ0n) is 9.35. The van der Waals surface area contributed by atoms with Crippen LogP contribution in [0.2, 0.25) is 0 Å². The highest BCUT2D eigenvalue weighted by molar-refractivity contribution is 5.98. The summed E-state index contributed by atoms with van der Waals surface area (Å²) in [7, 11) is 2.15. The number of nitrogen functional groups attached to an aromatic ring is 1. The summed E-state index contributed by atoms with van der Waals surface area (Å²) in [5.74, 6) is 0. The maximum absolute atomic E-state index is 5.94. The normalized spacial score (nSPS) is 15.3. The third-order valence-corrected chi connectivity index (χ3v) is 3.25. The van der Waals surface area contributed by atoms with Gasteiger partial charge in [0.15, 0.2) is 0 Å². The molecule has 3 heteroatoms. The van der Waals surface area contributed by atoms with E-state index < -0.39 is 0 Å². The summed E-state index contributed by atoms with van der Waals surface area (Å²) in [6, 6.07) is 8.80. The smallest absolute Gasteiger partial charge is 0.0951 e. The average molecular weight is 213 g/mol. The summed E-state index contributed by atoms with van der Waals surface area (Å²) in [5.41, 5.74) is 8.83. The summed E-state index contributed by atoms with van der Waals surface area (Å²) in [4.78, 5) is 6.69. The summed E-state index contributed by atoms with van der Waals surface area (Å²) >= 11 is 0. The van der Waals surface area contributed by atoms with Crippen LogP contribution in [0.15, 0.2) is 30.5 Å². The molecule has 0 atom stereocenters. The third kappa shape index (κ3) is 1.40. The van der Waals surface area contributed by atoms with E-state index in [1.54, 1.807) is 6.20 Å². The summed E-state index contributed by atoms with van der Waals surface area (Å²) in [6.45, 7) is 0. The lowest BCUT2D eigenvalue weighted by atomic mass is 10.1.